The van der Waals surface area contributed by atoms with Gasteiger partial charge in [-0.3, -0.25) is 15.4 Å². The Labute approximate surface area is 164 Å². The van der Waals surface area contributed by atoms with Crippen molar-refractivity contribution in [1.29, 1.82) is 10.8 Å². The molecule has 2 atom stereocenters. The third-order valence-corrected chi connectivity index (χ3v) is 5.43. The second-order valence-corrected chi connectivity index (χ2v) is 7.32. The zero-order valence-electron chi connectivity index (χ0n) is 15.9. The molecule has 7 nitrogen and oxygen atoms in total. The highest BCUT2D eigenvalue weighted by Crippen LogP contribution is 2.37. The maximum absolute atomic E-state index is 8.56. The Hall–Kier alpha value is -2.64. The normalized spacial score (nSPS) is 22.2. The van der Waals surface area contributed by atoms with Crippen molar-refractivity contribution in [2.24, 2.45) is 5.73 Å². The maximum atomic E-state index is 8.56. The van der Waals surface area contributed by atoms with Crippen LogP contribution in [0.5, 0.6) is 5.75 Å². The van der Waals surface area contributed by atoms with Crippen molar-refractivity contribution < 1.29 is 9.47 Å². The Morgan fingerprint density at radius 2 is 1.89 bits per heavy atom. The summed E-state index contributed by atoms with van der Waals surface area (Å²) in [5.74, 6) is 0.939. The SMILES string of the molecule is N=C(N1CCCOCC1)n1cc(OC2CCC(N)c3ccccc32)ccc1=N. The lowest BCUT2D eigenvalue weighted by Gasteiger charge is -2.30. The second-order valence-electron chi connectivity index (χ2n) is 7.32. The predicted octanol–water partition coefficient (Wildman–Crippen LogP) is 2.39. The number of fused-ring (bicyclic) bond motifs is 1. The van der Waals surface area contributed by atoms with Crippen molar-refractivity contribution in [1.82, 2.24) is 9.47 Å². The quantitative estimate of drug-likeness (QED) is 0.549. The number of benzene rings is 1. The van der Waals surface area contributed by atoms with Crippen molar-refractivity contribution in [2.45, 2.75) is 31.4 Å². The van der Waals surface area contributed by atoms with E-state index in [0.717, 1.165) is 36.9 Å². The molecule has 2 aromatic rings. The smallest absolute Gasteiger partial charge is 0.203 e. The van der Waals surface area contributed by atoms with E-state index in [2.05, 4.69) is 12.1 Å². The molecule has 0 radical (unpaired) electrons. The van der Waals surface area contributed by atoms with Crippen LogP contribution in [-0.2, 0) is 4.74 Å². The molecule has 148 valence electrons. The highest BCUT2D eigenvalue weighted by Gasteiger charge is 2.26. The first-order valence-corrected chi connectivity index (χ1v) is 9.83. The summed E-state index contributed by atoms with van der Waals surface area (Å²) in [6.45, 7) is 2.73. The molecule has 0 spiro atoms. The molecule has 28 heavy (non-hydrogen) atoms. The van der Waals surface area contributed by atoms with Crippen LogP contribution in [0.4, 0.5) is 0 Å². The van der Waals surface area contributed by atoms with Crippen LogP contribution in [0.1, 0.15) is 42.5 Å². The van der Waals surface area contributed by atoms with Crippen molar-refractivity contribution in [3.63, 3.8) is 0 Å². The lowest BCUT2D eigenvalue weighted by molar-refractivity contribution is 0.147. The number of hydrogen-bond acceptors (Lipinski definition) is 5. The van der Waals surface area contributed by atoms with Crippen molar-refractivity contribution in [2.75, 3.05) is 26.3 Å². The van der Waals surface area contributed by atoms with E-state index in [9.17, 15) is 0 Å². The molecule has 4 rings (SSSR count). The summed E-state index contributed by atoms with van der Waals surface area (Å²) < 4.78 is 13.3. The van der Waals surface area contributed by atoms with Gasteiger partial charge in [0, 0.05) is 25.7 Å². The summed E-state index contributed by atoms with van der Waals surface area (Å²) in [7, 11) is 0. The van der Waals surface area contributed by atoms with Crippen LogP contribution in [0.25, 0.3) is 0 Å². The average molecular weight is 381 g/mol. The van der Waals surface area contributed by atoms with E-state index < -0.39 is 0 Å². The van der Waals surface area contributed by atoms with E-state index in [0.29, 0.717) is 25.5 Å². The first-order chi connectivity index (χ1) is 13.6. The van der Waals surface area contributed by atoms with Gasteiger partial charge < -0.3 is 20.1 Å². The molecule has 4 N–H and O–H groups in total. The topological polar surface area (TPSA) is 100 Å². The number of pyridine rings is 1. The minimum Gasteiger partial charge on any atom is -0.484 e. The molecule has 1 aliphatic carbocycles. The van der Waals surface area contributed by atoms with E-state index in [4.69, 9.17) is 26.0 Å². The second kappa shape index (κ2) is 8.16. The monoisotopic (exact) mass is 381 g/mol. The van der Waals surface area contributed by atoms with Crippen LogP contribution >= 0.6 is 0 Å². The molecule has 2 heterocycles. The molecule has 0 saturated carbocycles. The van der Waals surface area contributed by atoms with E-state index in [1.165, 1.54) is 0 Å². The van der Waals surface area contributed by atoms with Gasteiger partial charge in [-0.25, -0.2) is 0 Å². The number of nitrogens with zero attached hydrogens (tertiary/aromatic N) is 2. The summed E-state index contributed by atoms with van der Waals surface area (Å²) in [6.07, 6.45) is 4.28. The Morgan fingerprint density at radius 3 is 2.75 bits per heavy atom. The number of nitrogens with two attached hydrogens (primary N) is 1. The van der Waals surface area contributed by atoms with E-state index in [1.807, 2.05) is 17.0 Å². The fourth-order valence-electron chi connectivity index (χ4n) is 3.91. The number of hydrogen-bond donors (Lipinski definition) is 3. The predicted molar refractivity (Wildman–Crippen MR) is 106 cm³/mol. The first kappa shape index (κ1) is 18.7. The molecule has 1 fully saturated rings. The summed E-state index contributed by atoms with van der Waals surface area (Å²) in [6, 6.07) is 11.7. The minimum absolute atomic E-state index is 0.0510. The summed E-state index contributed by atoms with van der Waals surface area (Å²) >= 11 is 0. The first-order valence-electron chi connectivity index (χ1n) is 9.83. The van der Waals surface area contributed by atoms with Crippen molar-refractivity contribution in [3.05, 3.63) is 59.2 Å². The van der Waals surface area contributed by atoms with Crippen LogP contribution in [-0.4, -0.2) is 41.7 Å². The molecule has 2 unspecified atom stereocenters. The van der Waals surface area contributed by atoms with Gasteiger partial charge in [-0.1, -0.05) is 24.3 Å². The van der Waals surface area contributed by atoms with Gasteiger partial charge in [0.2, 0.25) is 5.96 Å². The van der Waals surface area contributed by atoms with Gasteiger partial charge in [0.05, 0.1) is 12.8 Å². The molecular formula is C21H27N5O2. The van der Waals surface area contributed by atoms with E-state index in [1.54, 1.807) is 22.9 Å². The summed E-state index contributed by atoms with van der Waals surface area (Å²) in [5, 5.41) is 16.8. The van der Waals surface area contributed by atoms with Crippen LogP contribution in [0, 0.1) is 10.8 Å². The van der Waals surface area contributed by atoms with Gasteiger partial charge in [-0.05, 0) is 42.5 Å². The molecule has 1 aromatic heterocycles. The standard InChI is InChI=1S/C21H27N5O2/c22-18-7-8-19(17-5-2-1-4-16(17)18)28-15-6-9-20(23)26(14-15)21(24)25-10-3-12-27-13-11-25/h1-2,4-6,9,14,18-19,23-24H,3,7-8,10-13,22H2. The van der Waals surface area contributed by atoms with Crippen LogP contribution in [0.2, 0.25) is 0 Å². The highest BCUT2D eigenvalue weighted by atomic mass is 16.5. The third kappa shape index (κ3) is 3.81. The molecule has 1 saturated heterocycles. The zero-order valence-corrected chi connectivity index (χ0v) is 15.9. The van der Waals surface area contributed by atoms with E-state index in [-0.39, 0.29) is 23.6 Å². The summed E-state index contributed by atoms with van der Waals surface area (Å²) in [5.41, 5.74) is 8.78. The van der Waals surface area contributed by atoms with Gasteiger partial charge in [0.15, 0.2) is 0 Å². The van der Waals surface area contributed by atoms with Gasteiger partial charge in [-0.15, -0.1) is 0 Å². The number of aromatic nitrogens is 1. The van der Waals surface area contributed by atoms with Crippen LogP contribution < -0.4 is 16.0 Å². The van der Waals surface area contributed by atoms with Gasteiger partial charge in [0.25, 0.3) is 0 Å². The zero-order chi connectivity index (χ0) is 19.5. The maximum Gasteiger partial charge on any atom is 0.203 e. The van der Waals surface area contributed by atoms with Crippen LogP contribution in [0.3, 0.4) is 0 Å². The molecular weight excluding hydrogens is 354 g/mol. The van der Waals surface area contributed by atoms with Gasteiger partial charge >= 0.3 is 0 Å². The van der Waals surface area contributed by atoms with Crippen LogP contribution in [0.15, 0.2) is 42.6 Å². The Bertz CT molecular complexity index is 902. The molecule has 2 aliphatic rings. The molecule has 0 amide bonds. The van der Waals surface area contributed by atoms with E-state index >= 15 is 0 Å². The molecule has 1 aliphatic heterocycles. The lowest BCUT2D eigenvalue weighted by Crippen LogP contribution is -2.41. The van der Waals surface area contributed by atoms with Crippen molar-refractivity contribution in [3.8, 4) is 5.75 Å². The van der Waals surface area contributed by atoms with Crippen molar-refractivity contribution >= 4 is 5.96 Å². The Morgan fingerprint density at radius 1 is 1.07 bits per heavy atom. The largest absolute Gasteiger partial charge is 0.484 e. The van der Waals surface area contributed by atoms with Gasteiger partial charge in [-0.2, -0.15) is 0 Å². The number of rotatable bonds is 2. The fourth-order valence-corrected chi connectivity index (χ4v) is 3.91. The Kier molecular flexibility index (Phi) is 5.45. The molecule has 7 heteroatoms. The lowest BCUT2D eigenvalue weighted by atomic mass is 9.86. The molecule has 1 aromatic carbocycles. The number of nitrogens with one attached hydrogen (secondary N) is 2. The van der Waals surface area contributed by atoms with Gasteiger partial charge in [0.1, 0.15) is 17.3 Å². The summed E-state index contributed by atoms with van der Waals surface area (Å²) in [4.78, 5) is 1.95. The minimum atomic E-state index is -0.0678. The third-order valence-electron chi connectivity index (χ3n) is 5.43. The fraction of sp³-hybridized carbons (Fsp3) is 0.429. The Balaban J connectivity index is 1.57. The highest BCUT2D eigenvalue weighted by molar-refractivity contribution is 5.79. The molecule has 0 bridgehead atoms. The number of ether oxygens (including phenoxy) is 2. The average Bonchev–Trinajstić information content (AvgIpc) is 3.01.